The number of carbonyl (C=O) groups excluding carboxylic acids is 1. The van der Waals surface area contributed by atoms with E-state index in [2.05, 4.69) is 5.32 Å². The van der Waals surface area contributed by atoms with E-state index in [0.717, 1.165) is 5.56 Å². The quantitative estimate of drug-likeness (QED) is 0.869. The van der Waals surface area contributed by atoms with Gasteiger partial charge in [-0.3, -0.25) is 4.79 Å². The maximum absolute atomic E-state index is 12.0. The van der Waals surface area contributed by atoms with Gasteiger partial charge in [-0.1, -0.05) is 35.3 Å². The van der Waals surface area contributed by atoms with Crippen LogP contribution in [-0.2, 0) is 0 Å². The molecule has 1 aliphatic heterocycles. The Balaban J connectivity index is 1.96. The molecule has 0 fully saturated rings. The van der Waals surface area contributed by atoms with Crippen LogP contribution in [0.1, 0.15) is 22.0 Å². The van der Waals surface area contributed by atoms with Gasteiger partial charge >= 0.3 is 0 Å². The van der Waals surface area contributed by atoms with Gasteiger partial charge in [0.15, 0.2) is 0 Å². The SMILES string of the molecule is O=C1NCC(c2ccc(Cl)cc2)Oc2ccc(Cl)cc21. The molecule has 1 unspecified atom stereocenters. The minimum absolute atomic E-state index is 0.182. The zero-order chi connectivity index (χ0) is 14.1. The maximum Gasteiger partial charge on any atom is 0.255 e. The van der Waals surface area contributed by atoms with Crippen molar-refractivity contribution in [2.45, 2.75) is 6.10 Å². The van der Waals surface area contributed by atoms with Crippen molar-refractivity contribution in [3.63, 3.8) is 0 Å². The Labute approximate surface area is 126 Å². The van der Waals surface area contributed by atoms with Crippen molar-refractivity contribution in [1.29, 1.82) is 0 Å². The first-order valence-electron chi connectivity index (χ1n) is 6.13. The van der Waals surface area contributed by atoms with Gasteiger partial charge in [0.2, 0.25) is 0 Å². The molecule has 1 amide bonds. The van der Waals surface area contributed by atoms with E-state index in [0.29, 0.717) is 27.9 Å². The van der Waals surface area contributed by atoms with Crippen molar-refractivity contribution < 1.29 is 9.53 Å². The minimum Gasteiger partial charge on any atom is -0.483 e. The van der Waals surface area contributed by atoms with E-state index in [4.69, 9.17) is 27.9 Å². The van der Waals surface area contributed by atoms with Crippen molar-refractivity contribution in [3.05, 3.63) is 63.6 Å². The monoisotopic (exact) mass is 307 g/mol. The number of benzene rings is 2. The van der Waals surface area contributed by atoms with Crippen LogP contribution in [0.2, 0.25) is 10.0 Å². The topological polar surface area (TPSA) is 38.3 Å². The summed E-state index contributed by atoms with van der Waals surface area (Å²) in [6.45, 7) is 0.396. The third-order valence-corrected chi connectivity index (χ3v) is 3.63. The molecule has 0 aliphatic carbocycles. The van der Waals surface area contributed by atoms with Crippen molar-refractivity contribution in [3.8, 4) is 5.75 Å². The van der Waals surface area contributed by atoms with E-state index >= 15 is 0 Å². The second-order valence-electron chi connectivity index (χ2n) is 4.51. The van der Waals surface area contributed by atoms with Crippen molar-refractivity contribution in [2.24, 2.45) is 0 Å². The molecule has 2 aromatic carbocycles. The molecule has 0 aromatic heterocycles. The van der Waals surface area contributed by atoms with Gasteiger partial charge in [-0.05, 0) is 35.9 Å². The van der Waals surface area contributed by atoms with Gasteiger partial charge in [-0.25, -0.2) is 0 Å². The molecule has 1 aliphatic rings. The van der Waals surface area contributed by atoms with Gasteiger partial charge in [0, 0.05) is 10.0 Å². The van der Waals surface area contributed by atoms with Crippen LogP contribution in [0.25, 0.3) is 0 Å². The number of carbonyl (C=O) groups is 1. The smallest absolute Gasteiger partial charge is 0.255 e. The number of ether oxygens (including phenoxy) is 1. The first-order valence-corrected chi connectivity index (χ1v) is 6.89. The Morgan fingerprint density at radius 3 is 2.50 bits per heavy atom. The first kappa shape index (κ1) is 13.3. The lowest BCUT2D eigenvalue weighted by Crippen LogP contribution is -2.26. The van der Waals surface area contributed by atoms with Crippen LogP contribution in [0, 0.1) is 0 Å². The number of hydrogen-bond acceptors (Lipinski definition) is 2. The summed E-state index contributed by atoms with van der Waals surface area (Å²) < 4.78 is 5.92. The summed E-state index contributed by atoms with van der Waals surface area (Å²) in [7, 11) is 0. The van der Waals surface area contributed by atoms with E-state index in [9.17, 15) is 4.79 Å². The lowest BCUT2D eigenvalue weighted by molar-refractivity contribution is 0.0951. The van der Waals surface area contributed by atoms with Gasteiger partial charge in [0.05, 0.1) is 12.1 Å². The zero-order valence-corrected chi connectivity index (χ0v) is 11.9. The number of amides is 1. The van der Waals surface area contributed by atoms with E-state index in [1.807, 2.05) is 12.1 Å². The fourth-order valence-corrected chi connectivity index (χ4v) is 2.42. The number of nitrogens with one attached hydrogen (secondary N) is 1. The summed E-state index contributed by atoms with van der Waals surface area (Å²) in [6.07, 6.45) is -0.251. The molecule has 20 heavy (non-hydrogen) atoms. The molecule has 5 heteroatoms. The lowest BCUT2D eigenvalue weighted by atomic mass is 10.1. The second kappa shape index (κ2) is 5.35. The van der Waals surface area contributed by atoms with Crippen molar-refractivity contribution in [2.75, 3.05) is 6.54 Å². The van der Waals surface area contributed by atoms with Crippen LogP contribution < -0.4 is 10.1 Å². The molecule has 3 rings (SSSR count). The first-order chi connectivity index (χ1) is 9.63. The van der Waals surface area contributed by atoms with Crippen LogP contribution in [0.15, 0.2) is 42.5 Å². The highest BCUT2D eigenvalue weighted by Gasteiger charge is 2.23. The summed E-state index contributed by atoms with van der Waals surface area (Å²) in [4.78, 5) is 12.0. The summed E-state index contributed by atoms with van der Waals surface area (Å²) in [5.41, 5.74) is 1.41. The van der Waals surface area contributed by atoms with Crippen molar-refractivity contribution in [1.82, 2.24) is 5.32 Å². The molecule has 0 saturated heterocycles. The van der Waals surface area contributed by atoms with E-state index in [1.54, 1.807) is 30.3 Å². The molecular formula is C15H11Cl2NO2. The maximum atomic E-state index is 12.0. The van der Waals surface area contributed by atoms with Crippen LogP contribution in [0.3, 0.4) is 0 Å². The molecule has 2 aromatic rings. The molecule has 0 bridgehead atoms. The molecule has 0 radical (unpaired) electrons. The van der Waals surface area contributed by atoms with Gasteiger partial charge in [0.1, 0.15) is 11.9 Å². The van der Waals surface area contributed by atoms with Gasteiger partial charge in [0.25, 0.3) is 5.91 Å². The predicted octanol–water partition coefficient (Wildman–Crippen LogP) is 3.86. The Morgan fingerprint density at radius 2 is 1.75 bits per heavy atom. The molecule has 1 N–H and O–H groups in total. The summed E-state index contributed by atoms with van der Waals surface area (Å²) in [6, 6.07) is 12.4. The normalized spacial score (nSPS) is 17.7. The molecule has 3 nitrogen and oxygen atoms in total. The zero-order valence-electron chi connectivity index (χ0n) is 10.4. The molecule has 102 valence electrons. The standard InChI is InChI=1S/C15H11Cl2NO2/c16-10-3-1-9(2-4-10)14-8-18-15(19)12-7-11(17)5-6-13(12)20-14/h1-7,14H,8H2,(H,18,19). The summed E-state index contributed by atoms with van der Waals surface area (Å²) in [5, 5.41) is 4.01. The fraction of sp³-hybridized carbons (Fsp3) is 0.133. The molecule has 1 atom stereocenters. The molecule has 0 spiro atoms. The van der Waals surface area contributed by atoms with Gasteiger partial charge in [-0.2, -0.15) is 0 Å². The highest BCUT2D eigenvalue weighted by molar-refractivity contribution is 6.31. The largest absolute Gasteiger partial charge is 0.483 e. The average molecular weight is 308 g/mol. The van der Waals surface area contributed by atoms with Crippen LogP contribution in [0.5, 0.6) is 5.75 Å². The number of rotatable bonds is 1. The van der Waals surface area contributed by atoms with Crippen LogP contribution in [-0.4, -0.2) is 12.5 Å². The van der Waals surface area contributed by atoms with E-state index in [1.165, 1.54) is 0 Å². The molecular weight excluding hydrogens is 297 g/mol. The second-order valence-corrected chi connectivity index (χ2v) is 5.38. The van der Waals surface area contributed by atoms with Crippen LogP contribution >= 0.6 is 23.2 Å². The molecule has 0 saturated carbocycles. The van der Waals surface area contributed by atoms with Gasteiger partial charge in [-0.15, -0.1) is 0 Å². The summed E-state index contributed by atoms with van der Waals surface area (Å²) in [5.74, 6) is 0.350. The predicted molar refractivity (Wildman–Crippen MR) is 78.6 cm³/mol. The molecule has 1 heterocycles. The lowest BCUT2D eigenvalue weighted by Gasteiger charge is -2.17. The minimum atomic E-state index is -0.251. The highest BCUT2D eigenvalue weighted by Crippen LogP contribution is 2.30. The average Bonchev–Trinajstić information content (AvgIpc) is 2.60. The Hall–Kier alpha value is -1.71. The third-order valence-electron chi connectivity index (χ3n) is 3.15. The Kier molecular flexibility index (Phi) is 3.55. The number of halogens is 2. The summed E-state index contributed by atoms with van der Waals surface area (Å²) >= 11 is 11.8. The van der Waals surface area contributed by atoms with E-state index < -0.39 is 0 Å². The third kappa shape index (κ3) is 2.60. The van der Waals surface area contributed by atoms with Crippen molar-refractivity contribution >= 4 is 29.1 Å². The van der Waals surface area contributed by atoms with Gasteiger partial charge < -0.3 is 10.1 Å². The van der Waals surface area contributed by atoms with E-state index in [-0.39, 0.29) is 12.0 Å². The fourth-order valence-electron chi connectivity index (χ4n) is 2.12. The Morgan fingerprint density at radius 1 is 1.05 bits per heavy atom. The van der Waals surface area contributed by atoms with Crippen LogP contribution in [0.4, 0.5) is 0 Å². The number of hydrogen-bond donors (Lipinski definition) is 1. The number of fused-ring (bicyclic) bond motifs is 1. The highest BCUT2D eigenvalue weighted by atomic mass is 35.5. The Bertz CT molecular complexity index is 655.